The number of carbonyl (C=O) groups is 1. The Morgan fingerprint density at radius 3 is 2.63 bits per heavy atom. The van der Waals surface area contributed by atoms with E-state index in [1.54, 1.807) is 12.1 Å². The summed E-state index contributed by atoms with van der Waals surface area (Å²) in [5.41, 5.74) is 0.855. The van der Waals surface area contributed by atoms with E-state index in [-0.39, 0.29) is 10.7 Å². The number of hydrogen-bond acceptors (Lipinski definition) is 5. The van der Waals surface area contributed by atoms with Crippen LogP contribution in [0.1, 0.15) is 10.4 Å². The Hall–Kier alpha value is -1.30. The summed E-state index contributed by atoms with van der Waals surface area (Å²) in [6.45, 7) is 0. The average Bonchev–Trinajstić information content (AvgIpc) is 2.41. The van der Waals surface area contributed by atoms with E-state index >= 15 is 0 Å². The molecule has 0 aliphatic heterocycles. The van der Waals surface area contributed by atoms with Crippen LogP contribution in [-0.2, 0) is 0 Å². The third kappa shape index (κ3) is 3.18. The molecule has 2 rings (SSSR count). The van der Waals surface area contributed by atoms with Crippen LogP contribution >= 0.6 is 35.0 Å². The van der Waals surface area contributed by atoms with E-state index < -0.39 is 0 Å². The lowest BCUT2D eigenvalue weighted by Gasteiger charge is -2.11. The molecular weight excluding hydrogens is 305 g/mol. The summed E-state index contributed by atoms with van der Waals surface area (Å²) >= 11 is 13.3. The van der Waals surface area contributed by atoms with Gasteiger partial charge in [0.1, 0.15) is 11.0 Å². The maximum atomic E-state index is 11.1. The lowest BCUT2D eigenvalue weighted by Crippen LogP contribution is -2.03. The zero-order valence-corrected chi connectivity index (χ0v) is 12.2. The van der Waals surface area contributed by atoms with Crippen molar-refractivity contribution in [1.29, 1.82) is 0 Å². The van der Waals surface area contributed by atoms with Gasteiger partial charge in [0.15, 0.2) is 11.4 Å². The van der Waals surface area contributed by atoms with Crippen molar-refractivity contribution in [2.45, 2.75) is 5.16 Å². The molecule has 4 nitrogen and oxygen atoms in total. The average molecular weight is 314 g/mol. The smallest absolute Gasteiger partial charge is 0.190 e. The van der Waals surface area contributed by atoms with Gasteiger partial charge in [-0.1, -0.05) is 47.1 Å². The first-order valence-corrected chi connectivity index (χ1v) is 7.22. The van der Waals surface area contributed by atoms with Gasteiger partial charge >= 0.3 is 0 Å². The van der Waals surface area contributed by atoms with Crippen molar-refractivity contribution in [3.8, 4) is 0 Å². The van der Waals surface area contributed by atoms with Gasteiger partial charge in [-0.2, -0.15) is 0 Å². The van der Waals surface area contributed by atoms with Crippen molar-refractivity contribution in [1.82, 2.24) is 9.97 Å². The predicted molar refractivity (Wildman–Crippen MR) is 78.9 cm³/mol. The molecule has 7 heteroatoms. The molecule has 1 aromatic heterocycles. The number of benzene rings is 1. The minimum Gasteiger partial charge on any atom is -0.338 e. The number of carbonyl (C=O) groups excluding carboxylic acids is 1. The van der Waals surface area contributed by atoms with Crippen molar-refractivity contribution in [3.63, 3.8) is 0 Å². The SMILES string of the molecule is CSc1nc(Cl)c(C=O)c(Nc2ccccc2Cl)n1. The Morgan fingerprint density at radius 2 is 2.00 bits per heavy atom. The number of halogens is 2. The molecule has 0 atom stereocenters. The van der Waals surface area contributed by atoms with E-state index in [1.165, 1.54) is 11.8 Å². The number of hydrogen-bond donors (Lipinski definition) is 1. The number of aromatic nitrogens is 2. The zero-order valence-electron chi connectivity index (χ0n) is 9.85. The Kier molecular flexibility index (Phi) is 4.63. The van der Waals surface area contributed by atoms with Crippen LogP contribution in [0.3, 0.4) is 0 Å². The van der Waals surface area contributed by atoms with Crippen LogP contribution in [0.5, 0.6) is 0 Å². The van der Waals surface area contributed by atoms with E-state index in [0.29, 0.717) is 28.0 Å². The lowest BCUT2D eigenvalue weighted by atomic mass is 10.3. The van der Waals surface area contributed by atoms with Crippen LogP contribution < -0.4 is 5.32 Å². The van der Waals surface area contributed by atoms with Crippen molar-refractivity contribution in [2.24, 2.45) is 0 Å². The second kappa shape index (κ2) is 6.23. The van der Waals surface area contributed by atoms with E-state index in [2.05, 4.69) is 15.3 Å². The minimum atomic E-state index is 0.115. The second-order valence-corrected chi connectivity index (χ2v) is 5.02. The molecule has 0 amide bonds. The highest BCUT2D eigenvalue weighted by molar-refractivity contribution is 7.98. The van der Waals surface area contributed by atoms with E-state index in [1.807, 2.05) is 18.4 Å². The molecule has 0 saturated carbocycles. The molecule has 1 heterocycles. The normalized spacial score (nSPS) is 10.3. The third-order valence-corrected chi connectivity index (χ3v) is 3.47. The van der Waals surface area contributed by atoms with E-state index in [0.717, 1.165) is 0 Å². The van der Waals surface area contributed by atoms with Crippen LogP contribution in [0.25, 0.3) is 0 Å². The van der Waals surface area contributed by atoms with Crippen molar-refractivity contribution in [2.75, 3.05) is 11.6 Å². The number of nitrogens with one attached hydrogen (secondary N) is 1. The van der Waals surface area contributed by atoms with Gasteiger partial charge in [-0.25, -0.2) is 9.97 Å². The summed E-state index contributed by atoms with van der Waals surface area (Å²) in [5.74, 6) is 0.340. The first-order valence-electron chi connectivity index (χ1n) is 5.24. The van der Waals surface area contributed by atoms with Gasteiger partial charge in [0.2, 0.25) is 0 Å². The van der Waals surface area contributed by atoms with Crippen LogP contribution in [0.4, 0.5) is 11.5 Å². The van der Waals surface area contributed by atoms with Crippen molar-refractivity contribution < 1.29 is 4.79 Å². The number of rotatable bonds is 4. The molecule has 0 spiro atoms. The summed E-state index contributed by atoms with van der Waals surface area (Å²) in [5, 5.41) is 4.11. The minimum absolute atomic E-state index is 0.115. The molecular formula is C12H9Cl2N3OS. The first-order chi connectivity index (χ1) is 9.15. The molecule has 0 fully saturated rings. The Labute approximate surface area is 124 Å². The summed E-state index contributed by atoms with van der Waals surface area (Å²) in [7, 11) is 0. The Morgan fingerprint density at radius 1 is 1.26 bits per heavy atom. The highest BCUT2D eigenvalue weighted by Crippen LogP contribution is 2.28. The number of thioether (sulfide) groups is 1. The largest absolute Gasteiger partial charge is 0.338 e. The fourth-order valence-corrected chi connectivity index (χ4v) is 2.22. The summed E-state index contributed by atoms with van der Waals surface area (Å²) in [4.78, 5) is 19.3. The van der Waals surface area contributed by atoms with Gasteiger partial charge in [0, 0.05) is 0 Å². The summed E-state index contributed by atoms with van der Waals surface area (Å²) in [6.07, 6.45) is 2.44. The van der Waals surface area contributed by atoms with Crippen molar-refractivity contribution >= 4 is 52.8 Å². The number of aldehydes is 1. The predicted octanol–water partition coefficient (Wildman–Crippen LogP) is 4.06. The molecule has 0 saturated heterocycles. The molecule has 0 aliphatic carbocycles. The second-order valence-electron chi connectivity index (χ2n) is 3.49. The monoisotopic (exact) mass is 313 g/mol. The standard InChI is InChI=1S/C12H9Cl2N3OS/c1-19-12-16-10(14)7(6-18)11(17-12)15-9-5-3-2-4-8(9)13/h2-6H,1H3,(H,15,16,17). The molecule has 1 N–H and O–H groups in total. The number of para-hydroxylation sites is 1. The molecule has 19 heavy (non-hydrogen) atoms. The van der Waals surface area contributed by atoms with Gasteiger partial charge in [-0.3, -0.25) is 4.79 Å². The fraction of sp³-hybridized carbons (Fsp3) is 0.0833. The highest BCUT2D eigenvalue weighted by atomic mass is 35.5. The van der Waals surface area contributed by atoms with Crippen molar-refractivity contribution in [3.05, 3.63) is 40.0 Å². The summed E-state index contributed by atoms with van der Waals surface area (Å²) < 4.78 is 0. The summed E-state index contributed by atoms with van der Waals surface area (Å²) in [6, 6.07) is 7.16. The molecule has 2 aromatic rings. The first kappa shape index (κ1) is 14.1. The van der Waals surface area contributed by atoms with Gasteiger partial charge in [0.25, 0.3) is 0 Å². The zero-order chi connectivity index (χ0) is 13.8. The maximum Gasteiger partial charge on any atom is 0.190 e. The third-order valence-electron chi connectivity index (χ3n) is 2.31. The van der Waals surface area contributed by atoms with Crippen LogP contribution in [0.2, 0.25) is 10.2 Å². The quantitative estimate of drug-likeness (QED) is 0.399. The number of anilines is 2. The van der Waals surface area contributed by atoms with Crippen LogP contribution in [-0.4, -0.2) is 22.5 Å². The maximum absolute atomic E-state index is 11.1. The van der Waals surface area contributed by atoms with Gasteiger partial charge in [-0.05, 0) is 18.4 Å². The highest BCUT2D eigenvalue weighted by Gasteiger charge is 2.13. The fourth-order valence-electron chi connectivity index (χ4n) is 1.40. The van der Waals surface area contributed by atoms with Gasteiger partial charge in [0.05, 0.1) is 16.3 Å². The van der Waals surface area contributed by atoms with E-state index in [4.69, 9.17) is 23.2 Å². The molecule has 98 valence electrons. The number of nitrogens with zero attached hydrogens (tertiary/aromatic N) is 2. The Balaban J connectivity index is 2.47. The van der Waals surface area contributed by atoms with Crippen LogP contribution in [0.15, 0.2) is 29.4 Å². The molecule has 0 aliphatic rings. The topological polar surface area (TPSA) is 54.9 Å². The van der Waals surface area contributed by atoms with E-state index in [9.17, 15) is 4.79 Å². The molecule has 0 bridgehead atoms. The molecule has 0 radical (unpaired) electrons. The van der Waals surface area contributed by atoms with Crippen LogP contribution in [0, 0.1) is 0 Å². The lowest BCUT2D eigenvalue weighted by molar-refractivity contribution is 0.112. The molecule has 1 aromatic carbocycles. The van der Waals surface area contributed by atoms with Gasteiger partial charge in [-0.15, -0.1) is 0 Å². The Bertz CT molecular complexity index is 622. The van der Waals surface area contributed by atoms with Gasteiger partial charge < -0.3 is 5.32 Å². The molecule has 0 unspecified atom stereocenters.